The second kappa shape index (κ2) is 7.83. The number of nitrogens with two attached hydrogens (primary N) is 1. The quantitative estimate of drug-likeness (QED) is 0.781. The molecule has 1 unspecified atom stereocenters. The zero-order valence-corrected chi connectivity index (χ0v) is 14.1. The third-order valence-corrected chi connectivity index (χ3v) is 4.59. The summed E-state index contributed by atoms with van der Waals surface area (Å²) in [6.07, 6.45) is 3.50. The minimum atomic E-state index is -0.440. The van der Waals surface area contributed by atoms with Crippen LogP contribution in [0.4, 0.5) is 4.79 Å². The topological polar surface area (TPSA) is 84.2 Å². The molecular formula is C20H23N3O2. The predicted molar refractivity (Wildman–Crippen MR) is 97.5 cm³/mol. The normalized spacial score (nSPS) is 15.9. The molecular weight excluding hydrogens is 314 g/mol. The van der Waals surface area contributed by atoms with Gasteiger partial charge in [0.2, 0.25) is 5.91 Å². The summed E-state index contributed by atoms with van der Waals surface area (Å²) in [6.45, 7) is 0.511. The molecule has 0 bridgehead atoms. The van der Waals surface area contributed by atoms with Gasteiger partial charge in [-0.05, 0) is 54.5 Å². The summed E-state index contributed by atoms with van der Waals surface area (Å²) >= 11 is 0. The number of urea groups is 1. The minimum absolute atomic E-state index is 0.143. The first-order chi connectivity index (χ1) is 12.1. The Hall–Kier alpha value is -2.82. The fourth-order valence-electron chi connectivity index (χ4n) is 3.26. The maximum Gasteiger partial charge on any atom is 0.315 e. The monoisotopic (exact) mass is 337 g/mol. The van der Waals surface area contributed by atoms with Gasteiger partial charge >= 0.3 is 6.03 Å². The van der Waals surface area contributed by atoms with Gasteiger partial charge in [-0.3, -0.25) is 4.79 Å². The Labute approximate surface area is 147 Å². The van der Waals surface area contributed by atoms with Crippen LogP contribution in [0.25, 0.3) is 0 Å². The summed E-state index contributed by atoms with van der Waals surface area (Å²) in [5, 5.41) is 5.94. The molecule has 4 N–H and O–H groups in total. The SMILES string of the molecule is NC(=O)c1cccc(CCNC(=O)NC2CCc3ccccc3C2)c1. The molecule has 0 saturated carbocycles. The summed E-state index contributed by atoms with van der Waals surface area (Å²) in [4.78, 5) is 23.3. The molecule has 0 heterocycles. The Balaban J connectivity index is 1.44. The van der Waals surface area contributed by atoms with Gasteiger partial charge in [0.15, 0.2) is 0 Å². The maximum absolute atomic E-state index is 12.1. The fourth-order valence-corrected chi connectivity index (χ4v) is 3.26. The molecule has 2 aromatic rings. The van der Waals surface area contributed by atoms with E-state index in [1.54, 1.807) is 18.2 Å². The van der Waals surface area contributed by atoms with Crippen molar-refractivity contribution in [2.24, 2.45) is 5.73 Å². The summed E-state index contributed by atoms with van der Waals surface area (Å²) in [7, 11) is 0. The molecule has 0 fully saturated rings. The molecule has 0 saturated heterocycles. The van der Waals surface area contributed by atoms with Gasteiger partial charge in [0.1, 0.15) is 0 Å². The Morgan fingerprint density at radius 1 is 1.08 bits per heavy atom. The highest BCUT2D eigenvalue weighted by atomic mass is 16.2. The van der Waals surface area contributed by atoms with E-state index in [-0.39, 0.29) is 12.1 Å². The Bertz CT molecular complexity index is 773. The van der Waals surface area contributed by atoms with Gasteiger partial charge in [0.25, 0.3) is 0 Å². The van der Waals surface area contributed by atoms with Gasteiger partial charge in [-0.1, -0.05) is 36.4 Å². The van der Waals surface area contributed by atoms with Crippen LogP contribution in [0, 0.1) is 0 Å². The third kappa shape index (κ3) is 4.59. The molecule has 0 spiro atoms. The van der Waals surface area contributed by atoms with E-state index in [1.165, 1.54) is 11.1 Å². The number of fused-ring (bicyclic) bond motifs is 1. The fraction of sp³-hybridized carbons (Fsp3) is 0.300. The van der Waals surface area contributed by atoms with E-state index in [0.29, 0.717) is 18.5 Å². The number of primary amides is 1. The summed E-state index contributed by atoms with van der Waals surface area (Å²) in [6, 6.07) is 15.6. The van der Waals surface area contributed by atoms with Crippen LogP contribution in [0.3, 0.4) is 0 Å². The van der Waals surface area contributed by atoms with E-state index < -0.39 is 5.91 Å². The summed E-state index contributed by atoms with van der Waals surface area (Å²) in [5.41, 5.74) is 9.45. The first-order valence-corrected chi connectivity index (χ1v) is 8.62. The minimum Gasteiger partial charge on any atom is -0.366 e. The van der Waals surface area contributed by atoms with E-state index in [4.69, 9.17) is 5.73 Å². The van der Waals surface area contributed by atoms with E-state index in [1.807, 2.05) is 12.1 Å². The van der Waals surface area contributed by atoms with Gasteiger partial charge in [-0.25, -0.2) is 4.79 Å². The average Bonchev–Trinajstić information content (AvgIpc) is 2.62. The number of hydrogen-bond donors (Lipinski definition) is 3. The van der Waals surface area contributed by atoms with Gasteiger partial charge in [-0.2, -0.15) is 0 Å². The van der Waals surface area contributed by atoms with E-state index in [9.17, 15) is 9.59 Å². The van der Waals surface area contributed by atoms with Crippen LogP contribution in [0.5, 0.6) is 0 Å². The average molecular weight is 337 g/mol. The number of aryl methyl sites for hydroxylation is 1. The van der Waals surface area contributed by atoms with Crippen molar-refractivity contribution in [3.63, 3.8) is 0 Å². The zero-order chi connectivity index (χ0) is 17.6. The van der Waals surface area contributed by atoms with E-state index in [2.05, 4.69) is 28.8 Å². The third-order valence-electron chi connectivity index (χ3n) is 4.59. The van der Waals surface area contributed by atoms with Crippen LogP contribution in [-0.4, -0.2) is 24.5 Å². The molecule has 1 aliphatic rings. The molecule has 2 aromatic carbocycles. The first kappa shape index (κ1) is 17.0. The van der Waals surface area contributed by atoms with Crippen LogP contribution < -0.4 is 16.4 Å². The molecule has 3 amide bonds. The Kier molecular flexibility index (Phi) is 5.33. The van der Waals surface area contributed by atoms with Crippen molar-refractivity contribution in [2.45, 2.75) is 31.7 Å². The molecule has 1 atom stereocenters. The first-order valence-electron chi connectivity index (χ1n) is 8.62. The number of hydrogen-bond acceptors (Lipinski definition) is 2. The number of nitrogens with one attached hydrogen (secondary N) is 2. The Morgan fingerprint density at radius 3 is 2.68 bits per heavy atom. The highest BCUT2D eigenvalue weighted by Gasteiger charge is 2.19. The van der Waals surface area contributed by atoms with Crippen molar-refractivity contribution in [1.82, 2.24) is 10.6 Å². The lowest BCUT2D eigenvalue weighted by Crippen LogP contribution is -2.45. The predicted octanol–water partition coefficient (Wildman–Crippen LogP) is 2.18. The van der Waals surface area contributed by atoms with Crippen LogP contribution in [-0.2, 0) is 19.3 Å². The maximum atomic E-state index is 12.1. The van der Waals surface area contributed by atoms with Crippen molar-refractivity contribution >= 4 is 11.9 Å². The molecule has 1 aliphatic carbocycles. The summed E-state index contributed by atoms with van der Waals surface area (Å²) in [5.74, 6) is -0.440. The highest BCUT2D eigenvalue weighted by molar-refractivity contribution is 5.92. The molecule has 130 valence electrons. The van der Waals surface area contributed by atoms with Crippen LogP contribution in [0.2, 0.25) is 0 Å². The second-order valence-electron chi connectivity index (χ2n) is 6.42. The van der Waals surface area contributed by atoms with Gasteiger partial charge in [0.05, 0.1) is 0 Å². The van der Waals surface area contributed by atoms with Gasteiger partial charge in [0, 0.05) is 18.2 Å². The lowest BCUT2D eigenvalue weighted by Gasteiger charge is -2.25. The molecule has 3 rings (SSSR count). The van der Waals surface area contributed by atoms with Crippen LogP contribution in [0.1, 0.15) is 33.5 Å². The number of carbonyl (C=O) groups excluding carboxylic acids is 2. The number of benzene rings is 2. The number of amides is 3. The summed E-state index contributed by atoms with van der Waals surface area (Å²) < 4.78 is 0. The molecule has 25 heavy (non-hydrogen) atoms. The highest BCUT2D eigenvalue weighted by Crippen LogP contribution is 2.20. The molecule has 5 nitrogen and oxygen atoms in total. The number of carbonyl (C=O) groups is 2. The zero-order valence-electron chi connectivity index (χ0n) is 14.1. The number of rotatable bonds is 5. The van der Waals surface area contributed by atoms with Crippen molar-refractivity contribution in [3.05, 3.63) is 70.8 Å². The lowest BCUT2D eigenvalue weighted by atomic mass is 9.88. The molecule has 0 aliphatic heterocycles. The molecule has 0 radical (unpaired) electrons. The molecule has 0 aromatic heterocycles. The Morgan fingerprint density at radius 2 is 1.88 bits per heavy atom. The standard InChI is InChI=1S/C20H23N3O2/c21-19(24)17-7-3-4-14(12-17)10-11-22-20(25)23-18-9-8-15-5-1-2-6-16(15)13-18/h1-7,12,18H,8-11,13H2,(H2,21,24)(H2,22,23,25). The van der Waals surface area contributed by atoms with Crippen molar-refractivity contribution < 1.29 is 9.59 Å². The van der Waals surface area contributed by atoms with Crippen molar-refractivity contribution in [2.75, 3.05) is 6.54 Å². The van der Waals surface area contributed by atoms with Crippen LogP contribution >= 0.6 is 0 Å². The second-order valence-corrected chi connectivity index (χ2v) is 6.42. The van der Waals surface area contributed by atoms with Crippen molar-refractivity contribution in [3.8, 4) is 0 Å². The van der Waals surface area contributed by atoms with E-state index in [0.717, 1.165) is 24.8 Å². The van der Waals surface area contributed by atoms with Gasteiger partial charge in [-0.15, -0.1) is 0 Å². The van der Waals surface area contributed by atoms with Gasteiger partial charge < -0.3 is 16.4 Å². The smallest absolute Gasteiger partial charge is 0.315 e. The largest absolute Gasteiger partial charge is 0.366 e. The molecule has 5 heteroatoms. The van der Waals surface area contributed by atoms with Crippen molar-refractivity contribution in [1.29, 1.82) is 0 Å². The van der Waals surface area contributed by atoms with E-state index >= 15 is 0 Å². The van der Waals surface area contributed by atoms with Crippen LogP contribution in [0.15, 0.2) is 48.5 Å². The lowest BCUT2D eigenvalue weighted by molar-refractivity contribution is 0.1000.